The van der Waals surface area contributed by atoms with E-state index in [0.29, 0.717) is 10.9 Å². The highest BCUT2D eigenvalue weighted by Gasteiger charge is 2.10. The molecule has 1 aromatic carbocycles. The van der Waals surface area contributed by atoms with E-state index in [2.05, 4.69) is 10.3 Å². The molecule has 0 aliphatic rings. The highest BCUT2D eigenvalue weighted by Crippen LogP contribution is 2.20. The zero-order valence-electron chi connectivity index (χ0n) is 11.5. The molecule has 1 aromatic heterocycles. The predicted octanol–water partition coefficient (Wildman–Crippen LogP) is 2.48. The largest absolute Gasteiger partial charge is 0.483 e. The lowest BCUT2D eigenvalue weighted by molar-refractivity contribution is -0.118. The summed E-state index contributed by atoms with van der Waals surface area (Å²) in [7, 11) is 0. The van der Waals surface area contributed by atoms with Gasteiger partial charge in [-0.2, -0.15) is 0 Å². The number of ether oxygens (including phenoxy) is 1. The van der Waals surface area contributed by atoms with Gasteiger partial charge in [0.2, 0.25) is 0 Å². The maximum Gasteiger partial charge on any atom is 0.335 e. The van der Waals surface area contributed by atoms with Crippen molar-refractivity contribution in [1.82, 2.24) is 4.98 Å². The van der Waals surface area contributed by atoms with Crippen LogP contribution in [0.2, 0.25) is 0 Å². The second-order valence-corrected chi connectivity index (χ2v) is 5.27. The third-order valence-corrected chi connectivity index (χ3v) is 3.53. The normalized spacial score (nSPS) is 10.2. The van der Waals surface area contributed by atoms with E-state index in [1.54, 1.807) is 13.0 Å². The van der Waals surface area contributed by atoms with Gasteiger partial charge in [0.15, 0.2) is 11.7 Å². The number of aromatic carboxylic acids is 1. The van der Waals surface area contributed by atoms with Crippen molar-refractivity contribution in [3.63, 3.8) is 0 Å². The number of amides is 1. The molecule has 0 atom stereocenters. The van der Waals surface area contributed by atoms with E-state index >= 15 is 0 Å². The maximum atomic E-state index is 11.7. The standard InChI is InChI=1S/C14H14N2O4S/c1-8-3-4-10(13(18)19)5-11(8)20-6-12(17)16-14-15-9(2)7-21-14/h3-5,7H,6H2,1-2H3,(H,18,19)(H,15,16,17). The molecule has 2 aromatic rings. The van der Waals surface area contributed by atoms with Crippen LogP contribution < -0.4 is 10.1 Å². The molecule has 0 spiro atoms. The number of aryl methyl sites for hydroxylation is 2. The van der Waals surface area contributed by atoms with Crippen LogP contribution in [-0.2, 0) is 4.79 Å². The first-order chi connectivity index (χ1) is 9.95. The van der Waals surface area contributed by atoms with Gasteiger partial charge in [0.05, 0.1) is 11.3 Å². The van der Waals surface area contributed by atoms with E-state index < -0.39 is 5.97 Å². The first-order valence-corrected chi connectivity index (χ1v) is 7.02. The Morgan fingerprint density at radius 2 is 2.14 bits per heavy atom. The Balaban J connectivity index is 1.97. The van der Waals surface area contributed by atoms with Gasteiger partial charge in [-0.3, -0.25) is 10.1 Å². The van der Waals surface area contributed by atoms with E-state index in [1.807, 2.05) is 12.3 Å². The molecule has 0 fully saturated rings. The van der Waals surface area contributed by atoms with E-state index in [9.17, 15) is 9.59 Å². The number of nitrogens with zero attached hydrogens (tertiary/aromatic N) is 1. The van der Waals surface area contributed by atoms with Crippen molar-refractivity contribution in [2.24, 2.45) is 0 Å². The number of hydrogen-bond donors (Lipinski definition) is 2. The molecule has 1 amide bonds. The second-order valence-electron chi connectivity index (χ2n) is 4.42. The summed E-state index contributed by atoms with van der Waals surface area (Å²) in [5.41, 5.74) is 1.71. The van der Waals surface area contributed by atoms with Crippen LogP contribution in [0.25, 0.3) is 0 Å². The molecule has 7 heteroatoms. The van der Waals surface area contributed by atoms with Gasteiger partial charge in [-0.25, -0.2) is 9.78 Å². The molecule has 6 nitrogen and oxygen atoms in total. The number of thiazole rings is 1. The number of carbonyl (C=O) groups excluding carboxylic acids is 1. The second kappa shape index (κ2) is 6.36. The zero-order valence-corrected chi connectivity index (χ0v) is 12.4. The number of benzene rings is 1. The zero-order chi connectivity index (χ0) is 15.4. The summed E-state index contributed by atoms with van der Waals surface area (Å²) in [5.74, 6) is -1.01. The molecule has 0 aliphatic heterocycles. The summed E-state index contributed by atoms with van der Waals surface area (Å²) in [6.45, 7) is 3.41. The van der Waals surface area contributed by atoms with Crippen molar-refractivity contribution in [1.29, 1.82) is 0 Å². The molecular weight excluding hydrogens is 292 g/mol. The minimum atomic E-state index is -1.04. The molecule has 2 rings (SSSR count). The van der Waals surface area contributed by atoms with Crippen LogP contribution in [0.5, 0.6) is 5.75 Å². The van der Waals surface area contributed by atoms with Crippen LogP contribution in [0, 0.1) is 13.8 Å². The molecule has 110 valence electrons. The lowest BCUT2D eigenvalue weighted by atomic mass is 10.1. The van der Waals surface area contributed by atoms with Crippen molar-refractivity contribution in [3.05, 3.63) is 40.4 Å². The molecule has 21 heavy (non-hydrogen) atoms. The van der Waals surface area contributed by atoms with Gasteiger partial charge in [-0.1, -0.05) is 6.07 Å². The van der Waals surface area contributed by atoms with E-state index in [-0.39, 0.29) is 18.1 Å². The fourth-order valence-electron chi connectivity index (χ4n) is 1.60. The Labute approximate surface area is 125 Å². The van der Waals surface area contributed by atoms with Crippen molar-refractivity contribution < 1.29 is 19.4 Å². The number of carbonyl (C=O) groups is 2. The molecule has 2 N–H and O–H groups in total. The van der Waals surface area contributed by atoms with Gasteiger partial charge in [-0.15, -0.1) is 11.3 Å². The number of carboxylic acids is 1. The summed E-state index contributed by atoms with van der Waals surface area (Å²) >= 11 is 1.33. The number of hydrogen-bond acceptors (Lipinski definition) is 5. The first kappa shape index (κ1) is 15.0. The molecule has 0 unspecified atom stereocenters. The number of nitrogens with one attached hydrogen (secondary N) is 1. The summed E-state index contributed by atoms with van der Waals surface area (Å²) in [6, 6.07) is 4.53. The minimum absolute atomic E-state index is 0.117. The number of carboxylic acid groups (broad SMARTS) is 1. The van der Waals surface area contributed by atoms with E-state index in [0.717, 1.165) is 11.3 Å². The van der Waals surface area contributed by atoms with Gasteiger partial charge in [0.25, 0.3) is 5.91 Å². The lowest BCUT2D eigenvalue weighted by Gasteiger charge is -2.09. The van der Waals surface area contributed by atoms with Crippen LogP contribution in [-0.4, -0.2) is 28.6 Å². The fraction of sp³-hybridized carbons (Fsp3) is 0.214. The SMILES string of the molecule is Cc1csc(NC(=O)COc2cc(C(=O)O)ccc2C)n1. The Morgan fingerprint density at radius 1 is 1.38 bits per heavy atom. The Bertz CT molecular complexity index is 681. The average molecular weight is 306 g/mol. The Kier molecular flexibility index (Phi) is 4.54. The summed E-state index contributed by atoms with van der Waals surface area (Å²) < 4.78 is 5.37. The van der Waals surface area contributed by atoms with E-state index in [1.165, 1.54) is 23.5 Å². The van der Waals surface area contributed by atoms with Crippen molar-refractivity contribution >= 4 is 28.3 Å². The van der Waals surface area contributed by atoms with Crippen LogP contribution in [0.4, 0.5) is 5.13 Å². The van der Waals surface area contributed by atoms with Gasteiger partial charge in [-0.05, 0) is 31.5 Å². The van der Waals surface area contributed by atoms with Gasteiger partial charge < -0.3 is 9.84 Å². The number of anilines is 1. The minimum Gasteiger partial charge on any atom is -0.483 e. The third kappa shape index (κ3) is 4.03. The molecule has 0 radical (unpaired) electrons. The number of aromatic nitrogens is 1. The maximum absolute atomic E-state index is 11.7. The summed E-state index contributed by atoms with van der Waals surface area (Å²) in [6.07, 6.45) is 0. The average Bonchev–Trinajstić information content (AvgIpc) is 2.82. The molecule has 0 bridgehead atoms. The predicted molar refractivity (Wildman–Crippen MR) is 79.1 cm³/mol. The molecule has 1 heterocycles. The molecular formula is C14H14N2O4S. The molecule has 0 saturated heterocycles. The van der Waals surface area contributed by atoms with E-state index in [4.69, 9.17) is 9.84 Å². The van der Waals surface area contributed by atoms with Crippen LogP contribution in [0.3, 0.4) is 0 Å². The van der Waals surface area contributed by atoms with Crippen LogP contribution >= 0.6 is 11.3 Å². The smallest absolute Gasteiger partial charge is 0.335 e. The lowest BCUT2D eigenvalue weighted by Crippen LogP contribution is -2.20. The third-order valence-electron chi connectivity index (χ3n) is 2.66. The first-order valence-electron chi connectivity index (χ1n) is 6.14. The Morgan fingerprint density at radius 3 is 2.76 bits per heavy atom. The quantitative estimate of drug-likeness (QED) is 0.886. The topological polar surface area (TPSA) is 88.5 Å². The van der Waals surface area contributed by atoms with Crippen LogP contribution in [0.1, 0.15) is 21.6 Å². The van der Waals surface area contributed by atoms with Gasteiger partial charge >= 0.3 is 5.97 Å². The highest BCUT2D eigenvalue weighted by molar-refractivity contribution is 7.13. The highest BCUT2D eigenvalue weighted by atomic mass is 32.1. The number of rotatable bonds is 5. The van der Waals surface area contributed by atoms with Crippen molar-refractivity contribution in [2.45, 2.75) is 13.8 Å². The monoisotopic (exact) mass is 306 g/mol. The van der Waals surface area contributed by atoms with Crippen molar-refractivity contribution in [3.8, 4) is 5.75 Å². The Hall–Kier alpha value is -2.41. The van der Waals surface area contributed by atoms with Crippen LogP contribution in [0.15, 0.2) is 23.6 Å². The fourth-order valence-corrected chi connectivity index (χ4v) is 2.30. The molecule has 0 aliphatic carbocycles. The summed E-state index contributed by atoms with van der Waals surface area (Å²) in [5, 5.41) is 13.9. The summed E-state index contributed by atoms with van der Waals surface area (Å²) in [4.78, 5) is 26.8. The molecule has 0 saturated carbocycles. The van der Waals surface area contributed by atoms with Crippen molar-refractivity contribution in [2.75, 3.05) is 11.9 Å². The van der Waals surface area contributed by atoms with Gasteiger partial charge in [0, 0.05) is 5.38 Å². The van der Waals surface area contributed by atoms with Gasteiger partial charge in [0.1, 0.15) is 5.75 Å².